The van der Waals surface area contributed by atoms with Crippen LogP contribution in [0.15, 0.2) is 91.0 Å². The fourth-order valence-electron chi connectivity index (χ4n) is 15.2. The maximum atomic E-state index is 14.2. The molecule has 10 nitrogen and oxygen atoms in total. The number of methoxy groups -OCH3 is 2. The summed E-state index contributed by atoms with van der Waals surface area (Å²) in [4.78, 5) is 54.6. The van der Waals surface area contributed by atoms with E-state index in [1.54, 1.807) is 12.1 Å². The van der Waals surface area contributed by atoms with Crippen molar-refractivity contribution in [2.45, 2.75) is 149 Å². The zero-order chi connectivity index (χ0) is 55.2. The first-order chi connectivity index (χ1) is 36.8. The van der Waals surface area contributed by atoms with Crippen molar-refractivity contribution in [3.05, 3.63) is 134 Å². The Bertz CT molecular complexity index is 2630. The zero-order valence-electron chi connectivity index (χ0n) is 46.3. The van der Waals surface area contributed by atoms with Crippen molar-refractivity contribution in [3.8, 4) is 11.5 Å². The maximum Gasteiger partial charge on any atom is 0.328 e. The molecule has 0 saturated heterocycles. The third-order valence-electron chi connectivity index (χ3n) is 19.3. The first kappa shape index (κ1) is 57.8. The lowest BCUT2D eigenvalue weighted by atomic mass is 9.44. The van der Waals surface area contributed by atoms with Gasteiger partial charge in [0, 0.05) is 12.8 Å². The molecule has 414 valence electrons. The minimum Gasteiger partial charge on any atom is -0.506 e. The number of rotatable bonds is 20. The van der Waals surface area contributed by atoms with Gasteiger partial charge in [-0.25, -0.2) is 9.59 Å². The number of nitrogens with one attached hydrogen (secondary N) is 2. The molecule has 8 rings (SSSR count). The van der Waals surface area contributed by atoms with Crippen molar-refractivity contribution in [1.82, 2.24) is 10.6 Å². The Morgan fingerprint density at radius 2 is 1.19 bits per heavy atom. The van der Waals surface area contributed by atoms with Crippen LogP contribution in [0.25, 0.3) is 5.57 Å². The molecule has 0 heterocycles. The number of amides is 2. The van der Waals surface area contributed by atoms with Crippen LogP contribution in [0.3, 0.4) is 0 Å². The van der Waals surface area contributed by atoms with Gasteiger partial charge in [0.05, 0.1) is 35.4 Å². The van der Waals surface area contributed by atoms with Crippen LogP contribution in [-0.4, -0.2) is 60.3 Å². The average Bonchev–Trinajstić information content (AvgIpc) is 3.79. The van der Waals surface area contributed by atoms with Gasteiger partial charge in [0.2, 0.25) is 0 Å². The first-order valence-corrected chi connectivity index (χ1v) is 29.2. The molecule has 0 radical (unpaired) electrons. The summed E-state index contributed by atoms with van der Waals surface area (Å²) < 4.78 is 10.1. The Kier molecular flexibility index (Phi) is 18.9. The molecule has 11 atom stereocenters. The molecule has 0 bridgehead atoms. The van der Waals surface area contributed by atoms with E-state index in [2.05, 4.69) is 51.3 Å². The van der Waals surface area contributed by atoms with Crippen molar-refractivity contribution in [2.75, 3.05) is 14.2 Å². The van der Waals surface area contributed by atoms with Crippen LogP contribution in [0.4, 0.5) is 0 Å². The summed E-state index contributed by atoms with van der Waals surface area (Å²) in [7, 11) is 2.49. The molecular formula is C65H82Cl2N2O8. The molecule has 4 fully saturated rings. The van der Waals surface area contributed by atoms with E-state index < -0.39 is 47.3 Å². The molecule has 2 amide bonds. The fourth-order valence-corrected chi connectivity index (χ4v) is 15.6. The molecular weight excluding hydrogens is 1010 g/mol. The van der Waals surface area contributed by atoms with Gasteiger partial charge < -0.3 is 30.3 Å². The predicted molar refractivity (Wildman–Crippen MR) is 306 cm³/mol. The molecule has 4 aromatic rings. The van der Waals surface area contributed by atoms with Gasteiger partial charge >= 0.3 is 11.9 Å². The highest BCUT2D eigenvalue weighted by atomic mass is 35.5. The summed E-state index contributed by atoms with van der Waals surface area (Å²) in [6.07, 6.45) is 19.6. The highest BCUT2D eigenvalue weighted by Gasteiger charge is 2.60. The van der Waals surface area contributed by atoms with Crippen molar-refractivity contribution >= 4 is 52.5 Å². The molecule has 12 heteroatoms. The van der Waals surface area contributed by atoms with E-state index in [-0.39, 0.29) is 34.0 Å². The zero-order valence-corrected chi connectivity index (χ0v) is 47.9. The number of hydrogen-bond donors (Lipinski definition) is 4. The number of ether oxygens (including phenoxy) is 2. The molecule has 4 aliphatic rings. The second-order valence-electron chi connectivity index (χ2n) is 24.2. The molecule has 4 aromatic carbocycles. The van der Waals surface area contributed by atoms with Gasteiger partial charge in [-0.15, -0.1) is 0 Å². The van der Waals surface area contributed by atoms with Crippen LogP contribution >= 0.6 is 23.2 Å². The molecule has 77 heavy (non-hydrogen) atoms. The van der Waals surface area contributed by atoms with Crippen molar-refractivity contribution < 1.29 is 38.9 Å². The van der Waals surface area contributed by atoms with Gasteiger partial charge in [-0.1, -0.05) is 144 Å². The van der Waals surface area contributed by atoms with Crippen LogP contribution in [0, 0.1) is 58.2 Å². The van der Waals surface area contributed by atoms with E-state index in [1.165, 1.54) is 97.0 Å². The largest absolute Gasteiger partial charge is 0.506 e. The SMILES string of the molecule is COC(=O)[C@H](Cc1ccccc1)NC(=O)c1cc(C(=CCC[C@H]2CC[C@@]3(C)C(CC[C@H]4[C@@H]5CC[C@H]([C@H](C)CCCC(C)C)[C@@]5(C)CC[C@@H]43)C2)c2cc(Cl)c(O)c(C(=O)N[C@@H](Cc3ccccc3)C(=O)OC)c2)cc(Cl)c1O. The lowest BCUT2D eigenvalue weighted by Gasteiger charge is -2.61. The molecule has 0 aliphatic heterocycles. The number of phenolic OH excluding ortho intramolecular Hbond substituents is 2. The van der Waals surface area contributed by atoms with Crippen LogP contribution in [0.2, 0.25) is 10.0 Å². The molecule has 4 saturated carbocycles. The number of fused-ring (bicyclic) bond motifs is 5. The van der Waals surface area contributed by atoms with Gasteiger partial charge in [-0.2, -0.15) is 0 Å². The number of halogens is 2. The van der Waals surface area contributed by atoms with E-state index in [0.29, 0.717) is 45.8 Å². The topological polar surface area (TPSA) is 151 Å². The Morgan fingerprint density at radius 1 is 0.675 bits per heavy atom. The highest BCUT2D eigenvalue weighted by molar-refractivity contribution is 6.33. The second-order valence-corrected chi connectivity index (χ2v) is 25.0. The minimum atomic E-state index is -1.08. The highest BCUT2D eigenvalue weighted by Crippen LogP contribution is 2.69. The number of allylic oxidation sites excluding steroid dienone is 1. The molecule has 4 N–H and O–H groups in total. The number of hydrogen-bond acceptors (Lipinski definition) is 8. The lowest BCUT2D eigenvalue weighted by Crippen LogP contribution is -2.53. The normalized spacial score (nSPS) is 25.7. The van der Waals surface area contributed by atoms with Crippen molar-refractivity contribution in [3.63, 3.8) is 0 Å². The van der Waals surface area contributed by atoms with Crippen LogP contribution < -0.4 is 10.6 Å². The monoisotopic (exact) mass is 1090 g/mol. The molecule has 0 spiro atoms. The Balaban J connectivity index is 1.06. The maximum absolute atomic E-state index is 14.2. The summed E-state index contributed by atoms with van der Waals surface area (Å²) in [5, 5.41) is 28.1. The van der Waals surface area contributed by atoms with Crippen LogP contribution in [0.5, 0.6) is 11.5 Å². The number of aromatic hydroxyl groups is 2. The third kappa shape index (κ3) is 12.9. The molecule has 4 aliphatic carbocycles. The van der Waals surface area contributed by atoms with E-state index in [0.717, 1.165) is 59.5 Å². The van der Waals surface area contributed by atoms with Gasteiger partial charge in [-0.3, -0.25) is 9.59 Å². The number of esters is 2. The van der Waals surface area contributed by atoms with E-state index >= 15 is 0 Å². The Labute approximate surface area is 467 Å². The lowest BCUT2D eigenvalue weighted by molar-refractivity contribution is -0.143. The number of carbonyl (C=O) groups is 4. The number of carbonyl (C=O) groups excluding carboxylic acids is 4. The second kappa shape index (κ2) is 25.2. The van der Waals surface area contributed by atoms with Gasteiger partial charge in [0.1, 0.15) is 23.6 Å². The Morgan fingerprint density at radius 3 is 1.71 bits per heavy atom. The smallest absolute Gasteiger partial charge is 0.328 e. The first-order valence-electron chi connectivity index (χ1n) is 28.5. The molecule has 0 aromatic heterocycles. The van der Waals surface area contributed by atoms with Gasteiger partial charge in [-0.05, 0) is 181 Å². The number of phenols is 2. The average molecular weight is 1090 g/mol. The van der Waals surface area contributed by atoms with E-state index in [1.807, 2.05) is 60.7 Å². The predicted octanol–water partition coefficient (Wildman–Crippen LogP) is 14.4. The minimum absolute atomic E-state index is 0.115. The summed E-state index contributed by atoms with van der Waals surface area (Å²) in [6, 6.07) is 22.4. The van der Waals surface area contributed by atoms with Crippen LogP contribution in [-0.2, 0) is 31.9 Å². The van der Waals surface area contributed by atoms with Gasteiger partial charge in [0.15, 0.2) is 0 Å². The summed E-state index contributed by atoms with van der Waals surface area (Å²) in [5.41, 5.74) is 3.43. The standard InChI is InChI=1S/C65H82Cl2N2O8/c1-39(2)16-14-17-40(3)51-26-27-52-48-25-24-46-32-43(28-30-64(46,4)53(48)29-31-65(51,52)5)22-15-23-47(44-35-49(58(70)54(66)37-44)60(72)68-56(62(74)76-6)33-41-18-10-8-11-19-41)45-36-50(59(71)55(67)38-45)61(73)69-57(63(75)77-7)34-42-20-12-9-13-21-42/h8-13,18-21,23,35-40,43,46,48,51-53,56-57,70-71H,14-17,22,24-34H2,1-7H3,(H,68,72)(H,69,73)/t40-,43+,46?,48+,51-,52+,53+,56+,57+,64+,65-/m1/s1. The number of benzene rings is 4. The summed E-state index contributed by atoms with van der Waals surface area (Å²) >= 11 is 13.6. The molecule has 1 unspecified atom stereocenters. The fraction of sp³-hybridized carbons (Fsp3) is 0.538. The van der Waals surface area contributed by atoms with E-state index in [9.17, 15) is 29.4 Å². The van der Waals surface area contributed by atoms with Gasteiger partial charge in [0.25, 0.3) is 11.8 Å². The quantitative estimate of drug-likeness (QED) is 0.0639. The Hall–Kier alpha value is -5.32. The van der Waals surface area contributed by atoms with E-state index in [4.69, 9.17) is 32.7 Å². The third-order valence-corrected chi connectivity index (χ3v) is 19.9. The summed E-state index contributed by atoms with van der Waals surface area (Å²) in [6.45, 7) is 12.6. The van der Waals surface area contributed by atoms with Crippen molar-refractivity contribution in [1.29, 1.82) is 0 Å². The van der Waals surface area contributed by atoms with Crippen LogP contribution in [0.1, 0.15) is 167 Å². The summed E-state index contributed by atoms with van der Waals surface area (Å²) in [5.74, 6) is 2.22. The van der Waals surface area contributed by atoms with Crippen molar-refractivity contribution in [2.24, 2.45) is 58.2 Å².